The van der Waals surface area contributed by atoms with Gasteiger partial charge in [-0.25, -0.2) is 0 Å². The van der Waals surface area contributed by atoms with Crippen LogP contribution in [0.1, 0.15) is 12.5 Å². The van der Waals surface area contributed by atoms with Crippen LogP contribution in [-0.4, -0.2) is 33.3 Å². The molecule has 0 aromatic heterocycles. The third-order valence-electron chi connectivity index (χ3n) is 3.50. The van der Waals surface area contributed by atoms with E-state index >= 15 is 0 Å². The number of carbonyl (C=O) groups is 1. The van der Waals surface area contributed by atoms with E-state index in [-0.39, 0.29) is 18.0 Å². The van der Waals surface area contributed by atoms with Crippen molar-refractivity contribution in [3.05, 3.63) is 58.1 Å². The maximum Gasteiger partial charge on any atom is 0.272 e. The summed E-state index contributed by atoms with van der Waals surface area (Å²) in [4.78, 5) is 22.5. The van der Waals surface area contributed by atoms with Crippen molar-refractivity contribution in [3.63, 3.8) is 0 Å². The first-order valence-corrected chi connectivity index (χ1v) is 7.40. The molecule has 0 aliphatic carbocycles. The second kappa shape index (κ2) is 7.18. The van der Waals surface area contributed by atoms with Gasteiger partial charge in [-0.1, -0.05) is 0 Å². The molecule has 2 rings (SSSR count). The van der Waals surface area contributed by atoms with Gasteiger partial charge in [0, 0.05) is 17.3 Å². The molecule has 0 radical (unpaired) electrons. The van der Waals surface area contributed by atoms with Crippen LogP contribution in [0.15, 0.2) is 42.5 Å². The molecule has 3 N–H and O–H groups in total. The summed E-state index contributed by atoms with van der Waals surface area (Å²) in [6.07, 6.45) is 0. The Kier molecular flexibility index (Phi) is 5.23. The first kappa shape index (κ1) is 18.2. The van der Waals surface area contributed by atoms with Crippen molar-refractivity contribution in [1.29, 1.82) is 0 Å². The number of aryl methyl sites for hydroxylation is 1. The highest BCUT2D eigenvalue weighted by Crippen LogP contribution is 2.23. The van der Waals surface area contributed by atoms with Crippen molar-refractivity contribution in [2.45, 2.75) is 19.4 Å². The monoisotopic (exact) mass is 346 g/mol. The normalized spacial score (nSPS) is 12.9. The molecule has 0 bridgehead atoms. The van der Waals surface area contributed by atoms with Gasteiger partial charge < -0.3 is 20.3 Å². The lowest BCUT2D eigenvalue weighted by Gasteiger charge is -2.22. The van der Waals surface area contributed by atoms with E-state index in [0.717, 1.165) is 0 Å². The minimum atomic E-state index is -1.83. The number of benzene rings is 2. The Morgan fingerprint density at radius 1 is 1.28 bits per heavy atom. The maximum absolute atomic E-state index is 12.2. The third-order valence-corrected chi connectivity index (χ3v) is 3.50. The van der Waals surface area contributed by atoms with Gasteiger partial charge in [-0.2, -0.15) is 0 Å². The lowest BCUT2D eigenvalue weighted by Crippen LogP contribution is -2.45. The summed E-state index contributed by atoms with van der Waals surface area (Å²) in [6.45, 7) is 2.54. The Balaban J connectivity index is 2.01. The van der Waals surface area contributed by atoms with Gasteiger partial charge in [0.1, 0.15) is 18.1 Å². The van der Waals surface area contributed by atoms with E-state index in [1.807, 2.05) is 0 Å². The number of amides is 1. The second-order valence-corrected chi connectivity index (χ2v) is 5.77. The Morgan fingerprint density at radius 2 is 1.92 bits per heavy atom. The lowest BCUT2D eigenvalue weighted by molar-refractivity contribution is -0.385. The summed E-state index contributed by atoms with van der Waals surface area (Å²) in [6, 6.07) is 9.97. The SMILES string of the molecule is Cc1cc(NC(=O)[C@@](C)(O)COc2ccc(O)cc2)ccc1[N+](=O)[O-]. The molecule has 1 atom stereocenters. The minimum absolute atomic E-state index is 0.0552. The number of phenols is 1. The molecule has 0 saturated heterocycles. The Hall–Kier alpha value is -3.13. The van der Waals surface area contributed by atoms with Crippen LogP contribution in [0.2, 0.25) is 0 Å². The molecule has 8 heteroatoms. The number of nitro benzene ring substituents is 1. The summed E-state index contributed by atoms with van der Waals surface area (Å²) in [7, 11) is 0. The smallest absolute Gasteiger partial charge is 0.272 e. The number of aromatic hydroxyl groups is 1. The number of nitrogens with zero attached hydrogens (tertiary/aromatic N) is 1. The Bertz CT molecular complexity index is 786. The highest BCUT2D eigenvalue weighted by molar-refractivity contribution is 5.97. The molecule has 0 aliphatic rings. The molecule has 25 heavy (non-hydrogen) atoms. The number of rotatable bonds is 6. The van der Waals surface area contributed by atoms with Gasteiger partial charge in [0.2, 0.25) is 0 Å². The van der Waals surface area contributed by atoms with Crippen molar-refractivity contribution in [3.8, 4) is 11.5 Å². The van der Waals surface area contributed by atoms with Gasteiger partial charge in [-0.05, 0) is 50.2 Å². The number of ether oxygens (including phenoxy) is 1. The molecule has 0 unspecified atom stereocenters. The molecule has 2 aromatic carbocycles. The van der Waals surface area contributed by atoms with E-state index in [1.165, 1.54) is 49.4 Å². The van der Waals surface area contributed by atoms with E-state index in [0.29, 0.717) is 17.0 Å². The van der Waals surface area contributed by atoms with E-state index in [1.54, 1.807) is 6.92 Å². The van der Waals surface area contributed by atoms with Crippen molar-refractivity contribution in [2.24, 2.45) is 0 Å². The molecule has 132 valence electrons. The second-order valence-electron chi connectivity index (χ2n) is 5.77. The van der Waals surface area contributed by atoms with Crippen LogP contribution in [0.5, 0.6) is 11.5 Å². The fourth-order valence-electron chi connectivity index (χ4n) is 2.04. The Labute approximate surface area is 143 Å². The minimum Gasteiger partial charge on any atom is -0.508 e. The van der Waals surface area contributed by atoms with E-state index in [2.05, 4.69) is 5.32 Å². The first-order valence-electron chi connectivity index (χ1n) is 7.40. The molecule has 8 nitrogen and oxygen atoms in total. The van der Waals surface area contributed by atoms with Gasteiger partial charge in [0.05, 0.1) is 4.92 Å². The zero-order chi connectivity index (χ0) is 18.6. The van der Waals surface area contributed by atoms with Crippen LogP contribution >= 0.6 is 0 Å². The maximum atomic E-state index is 12.2. The van der Waals surface area contributed by atoms with Crippen LogP contribution in [-0.2, 0) is 4.79 Å². The van der Waals surface area contributed by atoms with Crippen LogP contribution < -0.4 is 10.1 Å². The molecule has 0 aliphatic heterocycles. The van der Waals surface area contributed by atoms with E-state index < -0.39 is 16.4 Å². The van der Waals surface area contributed by atoms with Crippen molar-refractivity contribution in [2.75, 3.05) is 11.9 Å². The van der Waals surface area contributed by atoms with Crippen LogP contribution in [0, 0.1) is 17.0 Å². The lowest BCUT2D eigenvalue weighted by atomic mass is 10.1. The molecule has 0 heterocycles. The molecule has 1 amide bonds. The number of hydrogen-bond donors (Lipinski definition) is 3. The standard InChI is InChI=1S/C17H18N2O6/c1-11-9-12(3-8-15(11)19(23)24)18-16(21)17(2,22)10-25-14-6-4-13(20)5-7-14/h3-9,20,22H,10H2,1-2H3,(H,18,21)/t17-/m0/s1. The van der Waals surface area contributed by atoms with Gasteiger partial charge in [-0.3, -0.25) is 14.9 Å². The quantitative estimate of drug-likeness (QED) is 0.545. The van der Waals surface area contributed by atoms with E-state index in [9.17, 15) is 25.1 Å². The van der Waals surface area contributed by atoms with Gasteiger partial charge in [0.25, 0.3) is 11.6 Å². The van der Waals surface area contributed by atoms with Crippen LogP contribution in [0.25, 0.3) is 0 Å². The zero-order valence-corrected chi connectivity index (χ0v) is 13.7. The number of anilines is 1. The largest absolute Gasteiger partial charge is 0.508 e. The van der Waals surface area contributed by atoms with Gasteiger partial charge in [-0.15, -0.1) is 0 Å². The number of nitro groups is 1. The van der Waals surface area contributed by atoms with Gasteiger partial charge >= 0.3 is 0 Å². The number of hydrogen-bond acceptors (Lipinski definition) is 6. The average molecular weight is 346 g/mol. The van der Waals surface area contributed by atoms with Crippen LogP contribution in [0.4, 0.5) is 11.4 Å². The highest BCUT2D eigenvalue weighted by atomic mass is 16.6. The van der Waals surface area contributed by atoms with Crippen molar-refractivity contribution >= 4 is 17.3 Å². The summed E-state index contributed by atoms with van der Waals surface area (Å²) in [5.41, 5.74) is -1.16. The fourth-order valence-corrected chi connectivity index (χ4v) is 2.04. The van der Waals surface area contributed by atoms with E-state index in [4.69, 9.17) is 4.74 Å². The topological polar surface area (TPSA) is 122 Å². The predicted molar refractivity (Wildman–Crippen MR) is 90.7 cm³/mol. The number of phenolic OH excluding ortho intramolecular Hbond substituents is 1. The van der Waals surface area contributed by atoms with Gasteiger partial charge in [0.15, 0.2) is 5.60 Å². The van der Waals surface area contributed by atoms with Crippen LogP contribution in [0.3, 0.4) is 0 Å². The van der Waals surface area contributed by atoms with Crippen molar-refractivity contribution in [1.82, 2.24) is 0 Å². The molecular weight excluding hydrogens is 328 g/mol. The molecule has 0 fully saturated rings. The summed E-state index contributed by atoms with van der Waals surface area (Å²) in [5.74, 6) is -0.248. The predicted octanol–water partition coefficient (Wildman–Crippen LogP) is 2.38. The number of aliphatic hydroxyl groups is 1. The zero-order valence-electron chi connectivity index (χ0n) is 13.7. The molecular formula is C17H18N2O6. The number of carbonyl (C=O) groups excluding carboxylic acids is 1. The fraction of sp³-hybridized carbons (Fsp3) is 0.235. The summed E-state index contributed by atoms with van der Waals surface area (Å²) >= 11 is 0. The Morgan fingerprint density at radius 3 is 2.48 bits per heavy atom. The average Bonchev–Trinajstić information content (AvgIpc) is 2.54. The summed E-state index contributed by atoms with van der Waals surface area (Å²) in [5, 5.41) is 32.8. The molecule has 0 spiro atoms. The number of nitrogens with one attached hydrogen (secondary N) is 1. The third kappa shape index (κ3) is 4.67. The highest BCUT2D eigenvalue weighted by Gasteiger charge is 2.31. The van der Waals surface area contributed by atoms with Crippen molar-refractivity contribution < 1.29 is 24.7 Å². The first-order chi connectivity index (χ1) is 11.7. The molecule has 2 aromatic rings. The summed E-state index contributed by atoms with van der Waals surface area (Å²) < 4.78 is 5.35. The molecule has 0 saturated carbocycles.